The van der Waals surface area contributed by atoms with Gasteiger partial charge in [-0.3, -0.25) is 19.2 Å². The molecule has 2 fully saturated rings. The number of allylic oxidation sites excluding steroid dienone is 12. The largest absolute Gasteiger partial charge is 0.481 e. The lowest BCUT2D eigenvalue weighted by Gasteiger charge is -2.45. The van der Waals surface area contributed by atoms with Gasteiger partial charge in [-0.25, -0.2) is 0 Å². The summed E-state index contributed by atoms with van der Waals surface area (Å²) >= 11 is 0. The molecule has 15 N–H and O–H groups in total. The molecule has 4 rings (SSSR count). The molecule has 0 amide bonds. The van der Waals surface area contributed by atoms with E-state index >= 15 is 0 Å². The van der Waals surface area contributed by atoms with Crippen molar-refractivity contribution in [2.45, 2.75) is 195 Å². The molecule has 19 unspecified atom stereocenters. The number of anilines is 1. The summed E-state index contributed by atoms with van der Waals surface area (Å²) in [6.45, 7) is 5.20. The molecule has 440 valence electrons. The zero-order valence-corrected chi connectivity index (χ0v) is 45.1. The average molecular weight is 1110 g/mol. The summed E-state index contributed by atoms with van der Waals surface area (Å²) in [5.41, 5.74) is 12.7. The Morgan fingerprint density at radius 2 is 1.25 bits per heavy atom. The number of cyclic esters (lactones) is 1. The Bertz CT molecular complexity index is 2280. The lowest BCUT2D eigenvalue weighted by atomic mass is 9.82. The van der Waals surface area contributed by atoms with Crippen LogP contribution in [-0.4, -0.2) is 177 Å². The first kappa shape index (κ1) is 66.4. The quantitative estimate of drug-likeness (QED) is 0.0908. The molecule has 0 radical (unpaired) electrons. The van der Waals surface area contributed by atoms with E-state index in [2.05, 4.69) is 0 Å². The first-order valence-corrected chi connectivity index (χ1v) is 26.9. The third-order valence-electron chi connectivity index (χ3n) is 14.1. The molecule has 19 atom stereocenters. The second kappa shape index (κ2) is 33.0. The summed E-state index contributed by atoms with van der Waals surface area (Å²) in [4.78, 5) is 51.6. The van der Waals surface area contributed by atoms with Crippen LogP contribution in [0.1, 0.15) is 108 Å². The highest BCUT2D eigenvalue weighted by molar-refractivity contribution is 5.96. The van der Waals surface area contributed by atoms with Gasteiger partial charge in [0.15, 0.2) is 17.9 Å². The van der Waals surface area contributed by atoms with Crippen LogP contribution in [0.25, 0.3) is 0 Å². The lowest BCUT2D eigenvalue weighted by molar-refractivity contribution is -0.308. The van der Waals surface area contributed by atoms with Gasteiger partial charge in [-0.2, -0.15) is 0 Å². The van der Waals surface area contributed by atoms with Crippen LogP contribution in [0.15, 0.2) is 109 Å². The van der Waals surface area contributed by atoms with E-state index in [-0.39, 0.29) is 36.9 Å². The van der Waals surface area contributed by atoms with E-state index < -0.39 is 172 Å². The van der Waals surface area contributed by atoms with Crippen molar-refractivity contribution in [3.05, 3.63) is 115 Å². The number of aliphatic carboxylic acids is 1. The van der Waals surface area contributed by atoms with E-state index in [0.29, 0.717) is 17.7 Å². The number of esters is 1. The van der Waals surface area contributed by atoms with Crippen molar-refractivity contribution in [2.75, 3.05) is 5.73 Å². The fourth-order valence-corrected chi connectivity index (χ4v) is 9.90. The van der Waals surface area contributed by atoms with Crippen LogP contribution < -0.4 is 11.5 Å². The van der Waals surface area contributed by atoms with Crippen molar-refractivity contribution < 1.29 is 94.3 Å². The molecule has 0 aromatic heterocycles. The number of carboxylic acid groups (broad SMARTS) is 1. The fraction of sp³-hybridized carbons (Fsp3) is 0.586. The average Bonchev–Trinajstić information content (AvgIpc) is 3.35. The third kappa shape index (κ3) is 23.1. The lowest BCUT2D eigenvalue weighted by Crippen LogP contribution is -2.61. The Labute approximate surface area is 461 Å². The van der Waals surface area contributed by atoms with E-state index in [1.165, 1.54) is 13.0 Å². The summed E-state index contributed by atoms with van der Waals surface area (Å²) in [6, 6.07) is 5.21. The number of aliphatic hydroxyl groups is 10. The molecule has 21 nitrogen and oxygen atoms in total. The molecule has 21 heteroatoms. The number of carbonyl (C=O) groups is 4. The number of aliphatic hydroxyl groups excluding tert-OH is 9. The second-order valence-electron chi connectivity index (χ2n) is 21.2. The van der Waals surface area contributed by atoms with Crippen molar-refractivity contribution in [1.29, 1.82) is 0 Å². The summed E-state index contributed by atoms with van der Waals surface area (Å²) in [6.07, 6.45) is 1.70. The number of nitrogen functional groups attached to an aromatic ring is 1. The molecule has 2 bridgehead atoms. The first-order valence-electron chi connectivity index (χ1n) is 26.9. The Morgan fingerprint density at radius 3 is 1.85 bits per heavy atom. The molecule has 2 saturated heterocycles. The van der Waals surface area contributed by atoms with Crippen LogP contribution >= 0.6 is 0 Å². The van der Waals surface area contributed by atoms with Crippen LogP contribution in [0.4, 0.5) is 5.69 Å². The fourth-order valence-electron chi connectivity index (χ4n) is 9.90. The van der Waals surface area contributed by atoms with Crippen LogP contribution in [-0.2, 0) is 33.3 Å². The molecule has 0 spiro atoms. The summed E-state index contributed by atoms with van der Waals surface area (Å²) in [5.74, 6) is -7.81. The van der Waals surface area contributed by atoms with Crippen LogP contribution in [0, 0.1) is 17.8 Å². The number of carbonyl (C=O) groups excluding carboxylic acids is 3. The van der Waals surface area contributed by atoms with Crippen molar-refractivity contribution in [3.63, 3.8) is 0 Å². The van der Waals surface area contributed by atoms with Gasteiger partial charge in [0.1, 0.15) is 23.9 Å². The first-order chi connectivity index (χ1) is 37.3. The Hall–Kier alpha value is -5.08. The van der Waals surface area contributed by atoms with E-state index in [1.807, 2.05) is 19.9 Å². The van der Waals surface area contributed by atoms with Crippen LogP contribution in [0.3, 0.4) is 0 Å². The molecule has 0 aliphatic carbocycles. The second-order valence-corrected chi connectivity index (χ2v) is 21.2. The monoisotopic (exact) mass is 1110 g/mol. The number of hydrogen-bond donors (Lipinski definition) is 13. The van der Waals surface area contributed by atoms with Crippen molar-refractivity contribution in [3.8, 4) is 0 Å². The van der Waals surface area contributed by atoms with Crippen molar-refractivity contribution >= 4 is 29.2 Å². The number of benzene rings is 1. The minimum atomic E-state index is -2.34. The van der Waals surface area contributed by atoms with Gasteiger partial charge in [0.05, 0.1) is 79.6 Å². The predicted molar refractivity (Wildman–Crippen MR) is 290 cm³/mol. The number of carboxylic acids is 1. The highest BCUT2D eigenvalue weighted by Gasteiger charge is 2.51. The normalized spacial score (nSPS) is 38.4. The molecule has 3 heterocycles. The zero-order valence-electron chi connectivity index (χ0n) is 45.1. The zero-order chi connectivity index (χ0) is 58.4. The number of Topliss-reactive ketones (excluding diaryl/α,β-unsaturated/α-hetero) is 2. The number of rotatable bonds is 10. The van der Waals surface area contributed by atoms with Crippen LogP contribution in [0.2, 0.25) is 0 Å². The molecule has 1 aromatic carbocycles. The maximum Gasteiger partial charge on any atom is 0.311 e. The van der Waals surface area contributed by atoms with Gasteiger partial charge in [0, 0.05) is 55.7 Å². The number of fused-ring (bicyclic) bond motifs is 2. The van der Waals surface area contributed by atoms with E-state index in [4.69, 9.17) is 30.4 Å². The minimum absolute atomic E-state index is 0.128. The highest BCUT2D eigenvalue weighted by atomic mass is 16.7. The Kier molecular flexibility index (Phi) is 27.7. The summed E-state index contributed by atoms with van der Waals surface area (Å²) < 4.78 is 23.7. The van der Waals surface area contributed by atoms with Gasteiger partial charge in [0.25, 0.3) is 0 Å². The van der Waals surface area contributed by atoms with E-state index in [0.717, 1.165) is 0 Å². The smallest absolute Gasteiger partial charge is 0.311 e. The van der Waals surface area contributed by atoms with E-state index in [1.54, 1.807) is 97.2 Å². The topological polar surface area (TPSA) is 380 Å². The molecular formula is C58H84N2O19. The van der Waals surface area contributed by atoms with Crippen molar-refractivity contribution in [1.82, 2.24) is 0 Å². The molecule has 3 aliphatic heterocycles. The number of hydrogen-bond acceptors (Lipinski definition) is 20. The summed E-state index contributed by atoms with van der Waals surface area (Å²) in [7, 11) is 0. The maximum atomic E-state index is 13.3. The Balaban J connectivity index is 1.54. The molecule has 3 aliphatic rings. The number of nitrogens with two attached hydrogens (primary N) is 2. The van der Waals surface area contributed by atoms with Crippen molar-refractivity contribution in [2.24, 2.45) is 23.5 Å². The van der Waals surface area contributed by atoms with Gasteiger partial charge in [-0.15, -0.1) is 0 Å². The van der Waals surface area contributed by atoms with Gasteiger partial charge in [0.2, 0.25) is 0 Å². The Morgan fingerprint density at radius 1 is 0.709 bits per heavy atom. The van der Waals surface area contributed by atoms with Gasteiger partial charge in [-0.1, -0.05) is 98.9 Å². The standard InChI is InChI=1S/C58H84N2O19/c1-34-16-14-12-10-8-6-4-5-7-9-11-13-15-17-46(77-57-54(72)52(60)53(71)36(3)76-57)31-49-51(56(73)74)48(69)33-58(75,79-49)32-45(67)28-43(65)26-41(63)24-40(62)25-42(64)27-44(66)30-50(70)78-55(34)35(2)18-23-39(61)29-47(68)37-19-21-38(59)22-20-37/h4-17,19-22,34-36,39-41,43-46,48-49,51-55,57,61-63,65-67,69,71-72,75H,18,23-33,59-60H2,1-3H3,(H,73,74)/b5-4+,8-6+,9-7+,12-10+,13-11+,16-14+,17-15+. The van der Waals surface area contributed by atoms with Gasteiger partial charge < -0.3 is 86.6 Å². The molecule has 1 aromatic rings. The van der Waals surface area contributed by atoms with Crippen LogP contribution in [0.5, 0.6) is 0 Å². The minimum Gasteiger partial charge on any atom is -0.481 e. The third-order valence-corrected chi connectivity index (χ3v) is 14.1. The predicted octanol–water partition coefficient (Wildman–Crippen LogP) is 2.29. The number of ether oxygens (including phenoxy) is 4. The van der Waals surface area contributed by atoms with E-state index in [9.17, 15) is 75.3 Å². The summed E-state index contributed by atoms with van der Waals surface area (Å²) in [5, 5.41) is 119. The molecular weight excluding hydrogens is 1030 g/mol. The molecule has 79 heavy (non-hydrogen) atoms. The highest BCUT2D eigenvalue weighted by Crippen LogP contribution is 2.38. The maximum absolute atomic E-state index is 13.3. The number of ketones is 2. The van der Waals surface area contributed by atoms with Gasteiger partial charge >= 0.3 is 11.9 Å². The molecule has 0 saturated carbocycles. The van der Waals surface area contributed by atoms with Gasteiger partial charge in [-0.05, 0) is 69.2 Å². The SMILES string of the molecule is CC1/C=C/C=C/C=C/C=C/C=C/C=C/C=C/C(OC2OC(C)C(O)C(N)C2O)CC2OC(O)(CC(O)CC(O)CC(O)CC(O)CC(=O)CC(O)CC(=O)OC1C(C)CCC(O)CC(=O)c1ccc(N)cc1)CC(O)C2C(=O)O.